The van der Waals surface area contributed by atoms with E-state index in [1.807, 2.05) is 0 Å². The Kier molecular flexibility index (Phi) is 4.15. The van der Waals surface area contributed by atoms with Crippen molar-refractivity contribution in [1.29, 1.82) is 0 Å². The Bertz CT molecular complexity index is 475. The molecule has 0 saturated carbocycles. The Morgan fingerprint density at radius 2 is 1.32 bits per heavy atom. The molecule has 2 heterocycles. The molecule has 0 bridgehead atoms. The minimum Gasteiger partial charge on any atom is -0.306 e. The van der Waals surface area contributed by atoms with E-state index in [-0.39, 0.29) is 24.5 Å². The first kappa shape index (κ1) is 13.5. The topological polar surface area (TPSA) is 47.7 Å². The molecular formula is C10H11F4N5. The van der Waals surface area contributed by atoms with Crippen LogP contribution in [0, 0.1) is 0 Å². The van der Waals surface area contributed by atoms with E-state index >= 15 is 0 Å². The third-order valence-electron chi connectivity index (χ3n) is 2.49. The first-order chi connectivity index (χ1) is 9.09. The maximum absolute atomic E-state index is 12.5. The highest BCUT2D eigenvalue weighted by Gasteiger charge is 2.13. The SMILES string of the molecule is FC(F)n1nccc1CNCc1ccnn1C(F)F. The van der Waals surface area contributed by atoms with E-state index in [4.69, 9.17) is 0 Å². The molecule has 0 aromatic carbocycles. The lowest BCUT2D eigenvalue weighted by Gasteiger charge is -2.09. The standard InChI is InChI=1S/C10H11F4N5/c11-9(12)18-7(1-3-16-18)5-15-6-8-2-4-17-19(8)10(13)14/h1-4,9-10,15H,5-6H2. The van der Waals surface area contributed by atoms with Crippen molar-refractivity contribution < 1.29 is 17.6 Å². The molecule has 0 atom stereocenters. The first-order valence-corrected chi connectivity index (χ1v) is 5.41. The van der Waals surface area contributed by atoms with Gasteiger partial charge in [0.05, 0.1) is 11.4 Å². The average molecular weight is 277 g/mol. The summed E-state index contributed by atoms with van der Waals surface area (Å²) in [5.41, 5.74) is 0.552. The zero-order valence-electron chi connectivity index (χ0n) is 9.68. The number of nitrogens with one attached hydrogen (secondary N) is 1. The molecule has 0 aliphatic rings. The van der Waals surface area contributed by atoms with Crippen LogP contribution in [0.3, 0.4) is 0 Å². The van der Waals surface area contributed by atoms with E-state index in [9.17, 15) is 17.6 Å². The Balaban J connectivity index is 1.93. The quantitative estimate of drug-likeness (QED) is 0.823. The van der Waals surface area contributed by atoms with Gasteiger partial charge in [-0.3, -0.25) is 0 Å². The Hall–Kier alpha value is -1.90. The predicted molar refractivity (Wildman–Crippen MR) is 57.5 cm³/mol. The van der Waals surface area contributed by atoms with E-state index in [2.05, 4.69) is 15.5 Å². The summed E-state index contributed by atoms with van der Waals surface area (Å²) in [6.45, 7) is -5.26. The third-order valence-corrected chi connectivity index (χ3v) is 2.49. The average Bonchev–Trinajstić information content (AvgIpc) is 2.96. The largest absolute Gasteiger partial charge is 0.333 e. The summed E-state index contributed by atoms with van der Waals surface area (Å²) in [6, 6.07) is 2.87. The fraction of sp³-hybridized carbons (Fsp3) is 0.400. The fourth-order valence-electron chi connectivity index (χ4n) is 1.63. The van der Waals surface area contributed by atoms with Gasteiger partial charge in [-0.2, -0.15) is 27.8 Å². The zero-order valence-corrected chi connectivity index (χ0v) is 9.68. The van der Waals surface area contributed by atoms with E-state index in [1.165, 1.54) is 24.5 Å². The van der Waals surface area contributed by atoms with E-state index in [0.717, 1.165) is 0 Å². The molecule has 5 nitrogen and oxygen atoms in total. The summed E-state index contributed by atoms with van der Waals surface area (Å²) in [7, 11) is 0. The van der Waals surface area contributed by atoms with E-state index < -0.39 is 13.1 Å². The number of alkyl halides is 4. The van der Waals surface area contributed by atoms with Crippen molar-refractivity contribution in [3.05, 3.63) is 35.9 Å². The molecule has 0 aliphatic carbocycles. The van der Waals surface area contributed by atoms with Crippen molar-refractivity contribution in [2.75, 3.05) is 0 Å². The molecule has 0 spiro atoms. The highest BCUT2D eigenvalue weighted by Crippen LogP contribution is 2.13. The summed E-state index contributed by atoms with van der Waals surface area (Å²) in [4.78, 5) is 0. The summed E-state index contributed by atoms with van der Waals surface area (Å²) >= 11 is 0. The lowest BCUT2D eigenvalue weighted by molar-refractivity contribution is 0.0522. The normalized spacial score (nSPS) is 11.7. The molecule has 2 aromatic heterocycles. The maximum atomic E-state index is 12.5. The van der Waals surface area contributed by atoms with Crippen LogP contribution in [-0.2, 0) is 13.1 Å². The van der Waals surface area contributed by atoms with Gasteiger partial charge in [0, 0.05) is 25.5 Å². The van der Waals surface area contributed by atoms with Crippen LogP contribution in [-0.4, -0.2) is 19.6 Å². The van der Waals surface area contributed by atoms with E-state index in [0.29, 0.717) is 9.36 Å². The lowest BCUT2D eigenvalue weighted by Crippen LogP contribution is -2.19. The molecule has 2 aromatic rings. The van der Waals surface area contributed by atoms with Gasteiger partial charge in [0.1, 0.15) is 0 Å². The van der Waals surface area contributed by atoms with Gasteiger partial charge in [0.15, 0.2) is 0 Å². The second-order valence-corrected chi connectivity index (χ2v) is 3.69. The van der Waals surface area contributed by atoms with Gasteiger partial charge in [-0.05, 0) is 12.1 Å². The second kappa shape index (κ2) is 5.83. The Labute approximate surface area is 105 Å². The summed E-state index contributed by atoms with van der Waals surface area (Å²) in [5, 5.41) is 9.72. The number of hydrogen-bond acceptors (Lipinski definition) is 3. The fourth-order valence-corrected chi connectivity index (χ4v) is 1.63. The van der Waals surface area contributed by atoms with Crippen LogP contribution in [0.5, 0.6) is 0 Å². The number of aromatic nitrogens is 4. The molecule has 0 radical (unpaired) electrons. The van der Waals surface area contributed by atoms with Crippen LogP contribution in [0.2, 0.25) is 0 Å². The first-order valence-electron chi connectivity index (χ1n) is 5.41. The molecule has 0 amide bonds. The number of nitrogens with zero attached hydrogens (tertiary/aromatic N) is 4. The Morgan fingerprint density at radius 3 is 1.68 bits per heavy atom. The van der Waals surface area contributed by atoms with Gasteiger partial charge >= 0.3 is 13.1 Å². The van der Waals surface area contributed by atoms with Gasteiger partial charge in [0.25, 0.3) is 0 Å². The molecule has 0 fully saturated rings. The van der Waals surface area contributed by atoms with Crippen LogP contribution in [0.25, 0.3) is 0 Å². The van der Waals surface area contributed by atoms with Gasteiger partial charge in [-0.1, -0.05) is 0 Å². The van der Waals surface area contributed by atoms with Gasteiger partial charge in [0.2, 0.25) is 0 Å². The minimum absolute atomic E-state index is 0.0960. The highest BCUT2D eigenvalue weighted by atomic mass is 19.3. The molecule has 9 heteroatoms. The van der Waals surface area contributed by atoms with Crippen LogP contribution in [0.1, 0.15) is 24.5 Å². The van der Waals surface area contributed by atoms with Gasteiger partial charge < -0.3 is 5.32 Å². The van der Waals surface area contributed by atoms with Crippen molar-refractivity contribution in [2.45, 2.75) is 26.2 Å². The maximum Gasteiger partial charge on any atom is 0.333 e. The van der Waals surface area contributed by atoms with Crippen molar-refractivity contribution >= 4 is 0 Å². The molecule has 1 N–H and O–H groups in total. The van der Waals surface area contributed by atoms with Crippen molar-refractivity contribution in [3.8, 4) is 0 Å². The molecule has 19 heavy (non-hydrogen) atoms. The monoisotopic (exact) mass is 277 g/mol. The second-order valence-electron chi connectivity index (χ2n) is 3.69. The molecular weight excluding hydrogens is 266 g/mol. The third kappa shape index (κ3) is 3.11. The smallest absolute Gasteiger partial charge is 0.306 e. The molecule has 0 aliphatic heterocycles. The van der Waals surface area contributed by atoms with Gasteiger partial charge in [-0.15, -0.1) is 0 Å². The predicted octanol–water partition coefficient (Wildman–Crippen LogP) is 2.16. The van der Waals surface area contributed by atoms with Crippen LogP contribution in [0.15, 0.2) is 24.5 Å². The Morgan fingerprint density at radius 1 is 0.895 bits per heavy atom. The van der Waals surface area contributed by atoms with Crippen LogP contribution < -0.4 is 5.32 Å². The molecule has 0 saturated heterocycles. The van der Waals surface area contributed by atoms with Gasteiger partial charge in [-0.25, -0.2) is 9.36 Å². The molecule has 2 rings (SSSR count). The zero-order chi connectivity index (χ0) is 13.8. The van der Waals surface area contributed by atoms with Crippen molar-refractivity contribution in [1.82, 2.24) is 24.9 Å². The number of rotatable bonds is 6. The number of halogens is 4. The van der Waals surface area contributed by atoms with Crippen LogP contribution >= 0.6 is 0 Å². The summed E-state index contributed by atoms with van der Waals surface area (Å²) in [6.07, 6.45) is 2.51. The number of hydrogen-bond donors (Lipinski definition) is 1. The molecule has 0 unspecified atom stereocenters. The highest BCUT2D eigenvalue weighted by molar-refractivity contribution is 5.03. The van der Waals surface area contributed by atoms with E-state index in [1.54, 1.807) is 0 Å². The summed E-state index contributed by atoms with van der Waals surface area (Å²) in [5.74, 6) is 0. The molecule has 104 valence electrons. The summed E-state index contributed by atoms with van der Waals surface area (Å²) < 4.78 is 51.1. The minimum atomic E-state index is -2.72. The van der Waals surface area contributed by atoms with Crippen molar-refractivity contribution in [2.24, 2.45) is 0 Å². The lowest BCUT2D eigenvalue weighted by atomic mass is 10.4. The van der Waals surface area contributed by atoms with Crippen molar-refractivity contribution in [3.63, 3.8) is 0 Å². The van der Waals surface area contributed by atoms with Crippen LogP contribution in [0.4, 0.5) is 17.6 Å².